The highest BCUT2D eigenvalue weighted by Gasteiger charge is 2.51. The van der Waals surface area contributed by atoms with Gasteiger partial charge in [0.05, 0.1) is 11.2 Å². The molecule has 5 heteroatoms. The third kappa shape index (κ3) is 3.53. The summed E-state index contributed by atoms with van der Waals surface area (Å²) in [6.45, 7) is 10.9. The number of carbonyl (C=O) groups is 1. The molecule has 1 heterocycles. The maximum Gasteiger partial charge on any atom is 0.494 e. The van der Waals surface area contributed by atoms with E-state index in [1.807, 2.05) is 52.0 Å². The van der Waals surface area contributed by atoms with E-state index in [-0.39, 0.29) is 24.2 Å². The number of hydrogen-bond acceptors (Lipinski definition) is 3. The Bertz CT molecular complexity index is 509. The second-order valence-corrected chi connectivity index (χ2v) is 6.82. The highest BCUT2D eigenvalue weighted by Crippen LogP contribution is 2.36. The highest BCUT2D eigenvalue weighted by molar-refractivity contribution is 6.62. The summed E-state index contributed by atoms with van der Waals surface area (Å²) in [5.41, 5.74) is 0.891. The van der Waals surface area contributed by atoms with Gasteiger partial charge in [-0.05, 0) is 51.7 Å². The highest BCUT2D eigenvalue weighted by atomic mass is 16.7. The van der Waals surface area contributed by atoms with Gasteiger partial charge >= 0.3 is 7.12 Å². The number of hydrogen-bond donors (Lipinski definition) is 1. The van der Waals surface area contributed by atoms with Crippen molar-refractivity contribution in [2.75, 3.05) is 6.54 Å². The van der Waals surface area contributed by atoms with Crippen LogP contribution in [0, 0.1) is 0 Å². The van der Waals surface area contributed by atoms with Crippen molar-refractivity contribution in [1.82, 2.24) is 5.32 Å². The number of amides is 1. The van der Waals surface area contributed by atoms with Crippen LogP contribution in [0.25, 0.3) is 0 Å². The molecular weight excluding hydrogens is 277 g/mol. The van der Waals surface area contributed by atoms with E-state index in [9.17, 15) is 4.79 Å². The van der Waals surface area contributed by atoms with E-state index in [1.54, 1.807) is 0 Å². The molecule has 2 rings (SSSR count). The molecule has 120 valence electrons. The van der Waals surface area contributed by atoms with Crippen LogP contribution in [0.5, 0.6) is 0 Å². The molecule has 0 saturated carbocycles. The molecule has 0 aromatic heterocycles. The summed E-state index contributed by atoms with van der Waals surface area (Å²) in [6, 6.07) is 7.44. The van der Waals surface area contributed by atoms with E-state index < -0.39 is 0 Å². The van der Waals surface area contributed by atoms with Crippen LogP contribution >= 0.6 is 0 Å². The van der Waals surface area contributed by atoms with E-state index in [2.05, 4.69) is 12.2 Å². The van der Waals surface area contributed by atoms with Crippen LogP contribution in [0.3, 0.4) is 0 Å². The molecule has 1 aromatic carbocycles. The maximum atomic E-state index is 12.0. The molecule has 1 fully saturated rings. The van der Waals surface area contributed by atoms with Gasteiger partial charge in [0.1, 0.15) is 0 Å². The maximum absolute atomic E-state index is 12.0. The van der Waals surface area contributed by atoms with Gasteiger partial charge in [-0.1, -0.05) is 25.5 Å². The Morgan fingerprint density at radius 2 is 1.64 bits per heavy atom. The summed E-state index contributed by atoms with van der Waals surface area (Å²) < 4.78 is 12.0. The normalized spacial score (nSPS) is 19.2. The number of carbonyl (C=O) groups excluding carboxylic acids is 1. The van der Waals surface area contributed by atoms with Gasteiger partial charge in [-0.25, -0.2) is 0 Å². The van der Waals surface area contributed by atoms with E-state index in [1.165, 1.54) is 0 Å². The van der Waals surface area contributed by atoms with E-state index >= 15 is 0 Å². The molecule has 1 aromatic rings. The SMILES string of the molecule is CCCCNC(=O)c1ccc(B2OC(C)(C)C(C)(C)O2)cc1. The first-order chi connectivity index (χ1) is 10.3. The molecule has 0 aliphatic carbocycles. The van der Waals surface area contributed by atoms with Gasteiger partial charge in [-0.3, -0.25) is 4.79 Å². The van der Waals surface area contributed by atoms with Crippen molar-refractivity contribution in [3.8, 4) is 0 Å². The van der Waals surface area contributed by atoms with Crippen LogP contribution in [0.1, 0.15) is 57.8 Å². The summed E-state index contributed by atoms with van der Waals surface area (Å²) in [5.74, 6) is -0.0334. The Morgan fingerprint density at radius 1 is 1.09 bits per heavy atom. The van der Waals surface area contributed by atoms with Gasteiger partial charge in [-0.15, -0.1) is 0 Å². The lowest BCUT2D eigenvalue weighted by atomic mass is 9.79. The van der Waals surface area contributed by atoms with Crippen LogP contribution in [0.15, 0.2) is 24.3 Å². The van der Waals surface area contributed by atoms with Crippen molar-refractivity contribution in [3.05, 3.63) is 29.8 Å². The second kappa shape index (κ2) is 6.43. The zero-order chi connectivity index (χ0) is 16.4. The van der Waals surface area contributed by atoms with Crippen molar-refractivity contribution >= 4 is 18.5 Å². The number of nitrogens with one attached hydrogen (secondary N) is 1. The molecule has 0 radical (unpaired) electrons. The summed E-state index contributed by atoms with van der Waals surface area (Å²) in [7, 11) is -0.387. The fraction of sp³-hybridized carbons (Fsp3) is 0.588. The van der Waals surface area contributed by atoms with Gasteiger partial charge < -0.3 is 14.6 Å². The Hall–Kier alpha value is -1.33. The largest absolute Gasteiger partial charge is 0.494 e. The molecule has 1 N–H and O–H groups in total. The van der Waals surface area contributed by atoms with Crippen LogP contribution < -0.4 is 10.8 Å². The standard InChI is InChI=1S/C17H26BNO3/c1-6-7-12-19-15(20)13-8-10-14(11-9-13)18-21-16(2,3)17(4,5)22-18/h8-11H,6-7,12H2,1-5H3,(H,19,20). The summed E-state index contributed by atoms with van der Waals surface area (Å²) in [5, 5.41) is 2.91. The Morgan fingerprint density at radius 3 is 2.14 bits per heavy atom. The minimum absolute atomic E-state index is 0.0334. The van der Waals surface area contributed by atoms with Crippen molar-refractivity contribution in [3.63, 3.8) is 0 Å². The van der Waals surface area contributed by atoms with Gasteiger partial charge in [0.15, 0.2) is 0 Å². The zero-order valence-electron chi connectivity index (χ0n) is 14.2. The zero-order valence-corrected chi connectivity index (χ0v) is 14.2. The first-order valence-corrected chi connectivity index (χ1v) is 8.00. The average molecular weight is 303 g/mol. The minimum Gasteiger partial charge on any atom is -0.399 e. The molecule has 0 bridgehead atoms. The molecule has 0 unspecified atom stereocenters. The lowest BCUT2D eigenvalue weighted by Crippen LogP contribution is -2.41. The molecule has 1 amide bonds. The number of benzene rings is 1. The fourth-order valence-electron chi connectivity index (χ4n) is 2.25. The minimum atomic E-state index is -0.387. The molecule has 4 nitrogen and oxygen atoms in total. The van der Waals surface area contributed by atoms with Gasteiger partial charge in [0.2, 0.25) is 0 Å². The monoisotopic (exact) mass is 303 g/mol. The van der Waals surface area contributed by atoms with Gasteiger partial charge in [0, 0.05) is 12.1 Å². The summed E-state index contributed by atoms with van der Waals surface area (Å²) >= 11 is 0. The predicted molar refractivity (Wildman–Crippen MR) is 89.4 cm³/mol. The molecule has 0 atom stereocenters. The Kier molecular flexibility index (Phi) is 4.98. The molecule has 1 saturated heterocycles. The van der Waals surface area contributed by atoms with Crippen LogP contribution in [-0.2, 0) is 9.31 Å². The van der Waals surface area contributed by atoms with Crippen molar-refractivity contribution in [1.29, 1.82) is 0 Å². The quantitative estimate of drug-likeness (QED) is 0.671. The topological polar surface area (TPSA) is 47.6 Å². The van der Waals surface area contributed by atoms with Crippen LogP contribution in [0.2, 0.25) is 0 Å². The Balaban J connectivity index is 2.02. The van der Waals surface area contributed by atoms with Crippen LogP contribution in [0.4, 0.5) is 0 Å². The van der Waals surface area contributed by atoms with Crippen LogP contribution in [-0.4, -0.2) is 30.8 Å². The number of unbranched alkanes of at least 4 members (excludes halogenated alkanes) is 1. The molecule has 1 aliphatic heterocycles. The van der Waals surface area contributed by atoms with E-state index in [0.717, 1.165) is 18.3 Å². The smallest absolute Gasteiger partial charge is 0.399 e. The average Bonchev–Trinajstić information content (AvgIpc) is 2.68. The summed E-state index contributed by atoms with van der Waals surface area (Å²) in [4.78, 5) is 12.0. The van der Waals surface area contributed by atoms with E-state index in [0.29, 0.717) is 12.1 Å². The third-order valence-corrected chi connectivity index (χ3v) is 4.51. The summed E-state index contributed by atoms with van der Waals surface area (Å²) in [6.07, 6.45) is 2.07. The van der Waals surface area contributed by atoms with Crippen molar-refractivity contribution in [2.24, 2.45) is 0 Å². The number of rotatable bonds is 5. The first-order valence-electron chi connectivity index (χ1n) is 8.00. The second-order valence-electron chi connectivity index (χ2n) is 6.82. The van der Waals surface area contributed by atoms with Crippen molar-refractivity contribution < 1.29 is 14.1 Å². The third-order valence-electron chi connectivity index (χ3n) is 4.51. The molecular formula is C17H26BNO3. The van der Waals surface area contributed by atoms with Crippen molar-refractivity contribution in [2.45, 2.75) is 58.7 Å². The Labute approximate surface area is 133 Å². The first kappa shape index (κ1) is 17.0. The fourth-order valence-corrected chi connectivity index (χ4v) is 2.25. The predicted octanol–water partition coefficient (Wildman–Crippen LogP) is 2.52. The molecule has 0 spiro atoms. The lowest BCUT2D eigenvalue weighted by Gasteiger charge is -2.32. The lowest BCUT2D eigenvalue weighted by molar-refractivity contribution is 0.00578. The molecule has 1 aliphatic rings. The molecule has 22 heavy (non-hydrogen) atoms. The van der Waals surface area contributed by atoms with Gasteiger partial charge in [0.25, 0.3) is 5.91 Å². The van der Waals surface area contributed by atoms with Gasteiger partial charge in [-0.2, -0.15) is 0 Å². The van der Waals surface area contributed by atoms with E-state index in [4.69, 9.17) is 9.31 Å².